The molecule has 0 saturated carbocycles. The molecule has 1 amide bonds. The highest BCUT2D eigenvalue weighted by Crippen LogP contribution is 2.38. The molecule has 0 radical (unpaired) electrons. The van der Waals surface area contributed by atoms with Gasteiger partial charge in [-0.05, 0) is 49.6 Å². The molecule has 1 aliphatic rings. The normalized spacial score (nSPS) is 15.0. The first-order chi connectivity index (χ1) is 19.0. The number of piperidine rings is 1. The summed E-state index contributed by atoms with van der Waals surface area (Å²) in [7, 11) is 0. The third kappa shape index (κ3) is 5.83. The molecule has 1 fully saturated rings. The van der Waals surface area contributed by atoms with E-state index in [9.17, 15) is 9.90 Å². The van der Waals surface area contributed by atoms with E-state index in [1.54, 1.807) is 18.5 Å². The SMILES string of the molecule is Cc1ccc2c(NCCC#N)cccc2c1Oc1ncccc1-c1ccnc(N[C@H]2CCCN(C(=O)O)C2)n1. The van der Waals surface area contributed by atoms with Crippen molar-refractivity contribution in [2.24, 2.45) is 0 Å². The lowest BCUT2D eigenvalue weighted by atomic mass is 10.0. The maximum absolute atomic E-state index is 11.4. The third-order valence-corrected chi connectivity index (χ3v) is 6.69. The first-order valence-corrected chi connectivity index (χ1v) is 12.9. The van der Waals surface area contributed by atoms with E-state index in [1.165, 1.54) is 4.90 Å². The number of likely N-dealkylation sites (tertiary alicyclic amines) is 1. The number of benzene rings is 2. The Bertz CT molecular complexity index is 1540. The number of aryl methyl sites for hydroxylation is 1. The van der Waals surface area contributed by atoms with E-state index in [0.717, 1.165) is 34.9 Å². The number of ether oxygens (including phenoxy) is 1. The van der Waals surface area contributed by atoms with Gasteiger partial charge in [-0.2, -0.15) is 5.26 Å². The van der Waals surface area contributed by atoms with Gasteiger partial charge in [0.2, 0.25) is 11.8 Å². The summed E-state index contributed by atoms with van der Waals surface area (Å²) in [6.07, 6.45) is 4.47. The van der Waals surface area contributed by atoms with Crippen LogP contribution >= 0.6 is 0 Å². The molecule has 0 bridgehead atoms. The monoisotopic (exact) mass is 523 g/mol. The molecule has 0 unspecified atom stereocenters. The second-order valence-corrected chi connectivity index (χ2v) is 9.38. The Morgan fingerprint density at radius 2 is 2.05 bits per heavy atom. The van der Waals surface area contributed by atoms with E-state index in [-0.39, 0.29) is 6.04 Å². The van der Waals surface area contributed by atoms with E-state index in [2.05, 4.69) is 26.7 Å². The van der Waals surface area contributed by atoms with Gasteiger partial charge in [-0.3, -0.25) is 0 Å². The largest absolute Gasteiger partial charge is 0.465 e. The van der Waals surface area contributed by atoms with Crippen molar-refractivity contribution in [1.82, 2.24) is 19.9 Å². The predicted molar refractivity (Wildman–Crippen MR) is 149 cm³/mol. The van der Waals surface area contributed by atoms with E-state index in [0.29, 0.717) is 54.9 Å². The molecule has 4 aromatic rings. The van der Waals surface area contributed by atoms with Gasteiger partial charge in [0.1, 0.15) is 5.75 Å². The van der Waals surface area contributed by atoms with Gasteiger partial charge in [-0.25, -0.2) is 19.7 Å². The van der Waals surface area contributed by atoms with Crippen molar-refractivity contribution in [3.05, 3.63) is 66.5 Å². The van der Waals surface area contributed by atoms with Crippen LogP contribution in [0.4, 0.5) is 16.4 Å². The molecule has 0 aliphatic carbocycles. The highest BCUT2D eigenvalue weighted by Gasteiger charge is 2.24. The molecule has 0 spiro atoms. The summed E-state index contributed by atoms with van der Waals surface area (Å²) in [6.45, 7) is 3.47. The Kier molecular flexibility index (Phi) is 7.68. The summed E-state index contributed by atoms with van der Waals surface area (Å²) in [6, 6.07) is 17.6. The number of fused-ring (bicyclic) bond motifs is 1. The number of amides is 1. The Balaban J connectivity index is 1.43. The highest BCUT2D eigenvalue weighted by atomic mass is 16.5. The lowest BCUT2D eigenvalue weighted by molar-refractivity contribution is 0.132. The smallest absolute Gasteiger partial charge is 0.407 e. The number of hydrogen-bond donors (Lipinski definition) is 3. The van der Waals surface area contributed by atoms with Gasteiger partial charge in [-0.15, -0.1) is 0 Å². The Labute approximate surface area is 226 Å². The number of rotatable bonds is 8. The Morgan fingerprint density at radius 3 is 2.90 bits per heavy atom. The van der Waals surface area contributed by atoms with Crippen LogP contribution in [0.15, 0.2) is 60.9 Å². The molecule has 1 aliphatic heterocycles. The number of aromatic nitrogens is 3. The topological polar surface area (TPSA) is 136 Å². The van der Waals surface area contributed by atoms with Crippen LogP contribution in [0.1, 0.15) is 24.8 Å². The molecule has 2 aromatic heterocycles. The summed E-state index contributed by atoms with van der Waals surface area (Å²) < 4.78 is 6.47. The number of pyridine rings is 1. The second-order valence-electron chi connectivity index (χ2n) is 9.38. The average Bonchev–Trinajstić information content (AvgIpc) is 2.95. The molecule has 2 aromatic carbocycles. The van der Waals surface area contributed by atoms with E-state index in [4.69, 9.17) is 15.0 Å². The summed E-state index contributed by atoms with van der Waals surface area (Å²) in [4.78, 5) is 26.4. The van der Waals surface area contributed by atoms with Crippen molar-refractivity contribution in [1.29, 1.82) is 5.26 Å². The van der Waals surface area contributed by atoms with E-state index in [1.807, 2.05) is 49.4 Å². The minimum absolute atomic E-state index is 0.0657. The zero-order valence-electron chi connectivity index (χ0n) is 21.6. The first-order valence-electron chi connectivity index (χ1n) is 12.9. The van der Waals surface area contributed by atoms with Gasteiger partial charge in [-0.1, -0.05) is 24.3 Å². The molecular formula is C29H29N7O3. The van der Waals surface area contributed by atoms with Crippen LogP contribution in [0.5, 0.6) is 11.6 Å². The molecule has 39 heavy (non-hydrogen) atoms. The van der Waals surface area contributed by atoms with Gasteiger partial charge < -0.3 is 25.4 Å². The molecule has 5 rings (SSSR count). The van der Waals surface area contributed by atoms with Crippen LogP contribution in [0, 0.1) is 18.3 Å². The zero-order valence-corrected chi connectivity index (χ0v) is 21.6. The van der Waals surface area contributed by atoms with Crippen molar-refractivity contribution >= 4 is 28.5 Å². The number of nitrogens with one attached hydrogen (secondary N) is 2. The predicted octanol–water partition coefficient (Wildman–Crippen LogP) is 5.67. The number of carboxylic acid groups (broad SMARTS) is 1. The summed E-state index contributed by atoms with van der Waals surface area (Å²) in [5.41, 5.74) is 3.24. The Morgan fingerprint density at radius 1 is 1.15 bits per heavy atom. The standard InChI is InChI=1S/C29H29N7O3/c1-19-10-11-21-22(7-2-9-24(21)31-15-5-13-30)26(19)39-27-23(8-3-14-32-27)25-12-16-33-28(35-25)34-20-6-4-17-36(18-20)29(37)38/h2-3,7-12,14,16,20,31H,4-6,15,17-18H2,1H3,(H,37,38)(H,33,34,35)/t20-/m0/s1. The molecule has 10 heteroatoms. The summed E-state index contributed by atoms with van der Waals surface area (Å²) >= 11 is 0. The third-order valence-electron chi connectivity index (χ3n) is 6.69. The fraction of sp³-hybridized carbons (Fsp3) is 0.276. The minimum atomic E-state index is -0.915. The van der Waals surface area contributed by atoms with Crippen molar-refractivity contribution in [2.45, 2.75) is 32.2 Å². The van der Waals surface area contributed by atoms with Crippen LogP contribution in [0.2, 0.25) is 0 Å². The van der Waals surface area contributed by atoms with Crippen molar-refractivity contribution in [2.75, 3.05) is 30.3 Å². The molecule has 1 atom stereocenters. The second kappa shape index (κ2) is 11.6. The van der Waals surface area contributed by atoms with Crippen LogP contribution in [-0.2, 0) is 0 Å². The first kappa shape index (κ1) is 25.7. The number of nitriles is 1. The fourth-order valence-electron chi connectivity index (χ4n) is 4.78. The van der Waals surface area contributed by atoms with Gasteiger partial charge in [0.15, 0.2) is 0 Å². The van der Waals surface area contributed by atoms with Crippen LogP contribution < -0.4 is 15.4 Å². The molecular weight excluding hydrogens is 494 g/mol. The summed E-state index contributed by atoms with van der Waals surface area (Å²) in [5.74, 6) is 1.53. The lowest BCUT2D eigenvalue weighted by Gasteiger charge is -2.31. The fourth-order valence-corrected chi connectivity index (χ4v) is 4.78. The van der Waals surface area contributed by atoms with Crippen molar-refractivity contribution in [3.8, 4) is 29.0 Å². The van der Waals surface area contributed by atoms with Gasteiger partial charge in [0.25, 0.3) is 0 Å². The zero-order chi connectivity index (χ0) is 27.2. The van der Waals surface area contributed by atoms with Gasteiger partial charge in [0, 0.05) is 54.5 Å². The molecule has 3 heterocycles. The molecule has 198 valence electrons. The van der Waals surface area contributed by atoms with E-state index >= 15 is 0 Å². The molecule has 10 nitrogen and oxygen atoms in total. The van der Waals surface area contributed by atoms with Gasteiger partial charge in [0.05, 0.1) is 23.7 Å². The van der Waals surface area contributed by atoms with Crippen molar-refractivity contribution < 1.29 is 14.6 Å². The molecule has 1 saturated heterocycles. The maximum atomic E-state index is 11.4. The number of hydrogen-bond acceptors (Lipinski definition) is 8. The van der Waals surface area contributed by atoms with Crippen LogP contribution in [0.3, 0.4) is 0 Å². The summed E-state index contributed by atoms with van der Waals surface area (Å²) in [5, 5.41) is 26.8. The quantitative estimate of drug-likeness (QED) is 0.249. The van der Waals surface area contributed by atoms with Crippen molar-refractivity contribution in [3.63, 3.8) is 0 Å². The van der Waals surface area contributed by atoms with Crippen LogP contribution in [0.25, 0.3) is 22.0 Å². The highest BCUT2D eigenvalue weighted by molar-refractivity contribution is 5.98. The minimum Gasteiger partial charge on any atom is -0.465 e. The number of anilines is 2. The Hall–Kier alpha value is -4.91. The average molecular weight is 524 g/mol. The molecule has 3 N–H and O–H groups in total. The van der Waals surface area contributed by atoms with Gasteiger partial charge >= 0.3 is 6.09 Å². The lowest BCUT2D eigenvalue weighted by Crippen LogP contribution is -2.44. The van der Waals surface area contributed by atoms with E-state index < -0.39 is 6.09 Å². The van der Waals surface area contributed by atoms with Crippen LogP contribution in [-0.4, -0.2) is 56.7 Å². The number of nitrogens with zero attached hydrogens (tertiary/aromatic N) is 5. The number of carbonyl (C=O) groups is 1. The maximum Gasteiger partial charge on any atom is 0.407 e.